The van der Waals surface area contributed by atoms with Crippen LogP contribution >= 0.6 is 24.8 Å². The predicted molar refractivity (Wildman–Crippen MR) is 52.8 cm³/mol. The third kappa shape index (κ3) is 11.5. The van der Waals surface area contributed by atoms with E-state index in [1.165, 1.54) is 0 Å². The van der Waals surface area contributed by atoms with E-state index in [1.807, 2.05) is 0 Å². The number of aliphatic carboxylic acids is 2. The highest BCUT2D eigenvalue weighted by Crippen LogP contribution is 2.07. The summed E-state index contributed by atoms with van der Waals surface area (Å²) in [5.74, 6) is -2.17. The van der Waals surface area contributed by atoms with Crippen LogP contribution in [0, 0.1) is 5.92 Å². The molecule has 0 rings (SSSR count). The predicted octanol–water partition coefficient (Wildman–Crippen LogP) is 1.81. The summed E-state index contributed by atoms with van der Waals surface area (Å²) in [4.78, 5) is 20.2. The molecule has 0 aliphatic heterocycles. The molecule has 0 spiro atoms. The zero-order valence-corrected chi connectivity index (χ0v) is 8.86. The molecule has 0 aliphatic rings. The lowest BCUT2D eigenvalue weighted by atomic mass is 10.1. The Kier molecular flexibility index (Phi) is 13.5. The van der Waals surface area contributed by atoms with E-state index in [1.54, 1.807) is 6.92 Å². The second-order valence-corrected chi connectivity index (χ2v) is 2.53. The van der Waals surface area contributed by atoms with Gasteiger partial charge in [0.05, 0.1) is 5.92 Å². The molecule has 0 aromatic heterocycles. The molecule has 0 amide bonds. The monoisotopic (exact) mass is 232 g/mol. The van der Waals surface area contributed by atoms with Crippen LogP contribution in [0.1, 0.15) is 26.2 Å². The highest BCUT2D eigenvalue weighted by molar-refractivity contribution is 5.85. The molecular weight excluding hydrogens is 219 g/mol. The molecule has 6 heteroatoms. The number of carboxylic acid groups (broad SMARTS) is 2. The Labute approximate surface area is 89.1 Å². The summed E-state index contributed by atoms with van der Waals surface area (Å²) < 4.78 is 0. The van der Waals surface area contributed by atoms with Gasteiger partial charge in [-0.2, -0.15) is 0 Å². The van der Waals surface area contributed by atoms with Gasteiger partial charge in [-0.3, -0.25) is 9.59 Å². The molecule has 1 atom stereocenters. The third-order valence-electron chi connectivity index (χ3n) is 1.45. The number of hydrogen-bond donors (Lipinski definition) is 2. The maximum Gasteiger partial charge on any atom is 0.306 e. The maximum atomic E-state index is 10.2. The van der Waals surface area contributed by atoms with E-state index >= 15 is 0 Å². The van der Waals surface area contributed by atoms with E-state index in [-0.39, 0.29) is 31.2 Å². The lowest BCUT2D eigenvalue weighted by Crippen LogP contribution is -2.09. The Morgan fingerprint density at radius 3 is 2.00 bits per heavy atom. The minimum Gasteiger partial charge on any atom is -0.481 e. The molecule has 1 unspecified atom stereocenters. The molecule has 0 aromatic rings. The number of carbonyl (C=O) groups is 2. The molecule has 0 aromatic carbocycles. The fourth-order valence-electron chi connectivity index (χ4n) is 0.683. The maximum absolute atomic E-state index is 10.2. The smallest absolute Gasteiger partial charge is 0.306 e. The van der Waals surface area contributed by atoms with Crippen LogP contribution in [-0.4, -0.2) is 22.2 Å². The summed E-state index contributed by atoms with van der Waals surface area (Å²) >= 11 is 0. The summed E-state index contributed by atoms with van der Waals surface area (Å²) in [6.07, 6.45) is 0.919. The Balaban J connectivity index is -0.000000500. The van der Waals surface area contributed by atoms with Crippen LogP contribution in [0.15, 0.2) is 0 Å². The van der Waals surface area contributed by atoms with Crippen LogP contribution < -0.4 is 0 Å². The standard InChI is InChI=1S/C7H12O4.2ClH/c1-5(7(10)11)3-2-4-6(8)9;;/h5H,2-4H2,1H3,(H,8,9)(H,10,11);2*1H. The van der Waals surface area contributed by atoms with Crippen molar-refractivity contribution < 1.29 is 19.8 Å². The van der Waals surface area contributed by atoms with Gasteiger partial charge in [0.15, 0.2) is 0 Å². The Morgan fingerprint density at radius 2 is 1.69 bits per heavy atom. The fourth-order valence-corrected chi connectivity index (χ4v) is 0.683. The van der Waals surface area contributed by atoms with Crippen molar-refractivity contribution in [2.24, 2.45) is 5.92 Å². The normalized spacial score (nSPS) is 10.5. The first kappa shape index (κ1) is 18.3. The molecule has 0 saturated carbocycles. The van der Waals surface area contributed by atoms with Crippen LogP contribution in [0.2, 0.25) is 0 Å². The van der Waals surface area contributed by atoms with Crippen molar-refractivity contribution in [3.05, 3.63) is 0 Å². The molecule has 13 heavy (non-hydrogen) atoms. The minimum absolute atomic E-state index is 0. The Hall–Kier alpha value is -0.480. The molecule has 0 aliphatic carbocycles. The largest absolute Gasteiger partial charge is 0.481 e. The number of hydrogen-bond acceptors (Lipinski definition) is 2. The second-order valence-electron chi connectivity index (χ2n) is 2.53. The molecule has 80 valence electrons. The van der Waals surface area contributed by atoms with Gasteiger partial charge in [-0.05, 0) is 12.8 Å². The van der Waals surface area contributed by atoms with E-state index in [0.717, 1.165) is 0 Å². The molecule has 2 N–H and O–H groups in total. The van der Waals surface area contributed by atoms with Gasteiger partial charge >= 0.3 is 11.9 Å². The van der Waals surface area contributed by atoms with Crippen molar-refractivity contribution in [1.29, 1.82) is 0 Å². The zero-order chi connectivity index (χ0) is 8.85. The first-order valence-corrected chi connectivity index (χ1v) is 3.48. The van der Waals surface area contributed by atoms with Crippen LogP contribution in [0.3, 0.4) is 0 Å². The quantitative estimate of drug-likeness (QED) is 0.759. The highest BCUT2D eigenvalue weighted by atomic mass is 35.5. The Bertz CT molecular complexity index is 161. The first-order chi connectivity index (χ1) is 5.04. The number of halogens is 2. The SMILES string of the molecule is CC(CCCC(=O)O)C(=O)O.Cl.Cl. The van der Waals surface area contributed by atoms with Gasteiger partial charge in [0.2, 0.25) is 0 Å². The highest BCUT2D eigenvalue weighted by Gasteiger charge is 2.10. The van der Waals surface area contributed by atoms with E-state index < -0.39 is 17.9 Å². The number of rotatable bonds is 5. The average Bonchev–Trinajstić information content (AvgIpc) is 1.86. The number of carboxylic acids is 2. The van der Waals surface area contributed by atoms with Gasteiger partial charge in [0.1, 0.15) is 0 Å². The van der Waals surface area contributed by atoms with Gasteiger partial charge in [0, 0.05) is 6.42 Å². The third-order valence-corrected chi connectivity index (χ3v) is 1.45. The van der Waals surface area contributed by atoms with Gasteiger partial charge in [0.25, 0.3) is 0 Å². The summed E-state index contributed by atoms with van der Waals surface area (Å²) in [7, 11) is 0. The molecule has 0 heterocycles. The van der Waals surface area contributed by atoms with Crippen LogP contribution in [0.5, 0.6) is 0 Å². The van der Waals surface area contributed by atoms with E-state index in [9.17, 15) is 9.59 Å². The van der Waals surface area contributed by atoms with Crippen molar-refractivity contribution in [1.82, 2.24) is 0 Å². The molecule has 0 bridgehead atoms. The van der Waals surface area contributed by atoms with E-state index in [4.69, 9.17) is 10.2 Å². The first-order valence-electron chi connectivity index (χ1n) is 3.48. The summed E-state index contributed by atoms with van der Waals surface area (Å²) in [5, 5.41) is 16.6. The van der Waals surface area contributed by atoms with Crippen molar-refractivity contribution in [3.8, 4) is 0 Å². The lowest BCUT2D eigenvalue weighted by Gasteiger charge is -2.02. The molecular formula is C7H14Cl2O4. The van der Waals surface area contributed by atoms with Crippen LogP contribution in [0.25, 0.3) is 0 Å². The van der Waals surface area contributed by atoms with Gasteiger partial charge in [-0.25, -0.2) is 0 Å². The lowest BCUT2D eigenvalue weighted by molar-refractivity contribution is -0.142. The molecule has 0 radical (unpaired) electrons. The summed E-state index contributed by atoms with van der Waals surface area (Å²) in [6, 6.07) is 0. The fraction of sp³-hybridized carbons (Fsp3) is 0.714. The summed E-state index contributed by atoms with van der Waals surface area (Å²) in [6.45, 7) is 1.57. The van der Waals surface area contributed by atoms with Crippen LogP contribution in [0.4, 0.5) is 0 Å². The minimum atomic E-state index is -0.873. The van der Waals surface area contributed by atoms with E-state index in [2.05, 4.69) is 0 Å². The topological polar surface area (TPSA) is 74.6 Å². The average molecular weight is 233 g/mol. The molecule has 0 saturated heterocycles. The molecule has 0 fully saturated rings. The van der Waals surface area contributed by atoms with Gasteiger partial charge in [-0.15, -0.1) is 24.8 Å². The van der Waals surface area contributed by atoms with Crippen LogP contribution in [-0.2, 0) is 9.59 Å². The van der Waals surface area contributed by atoms with Gasteiger partial charge < -0.3 is 10.2 Å². The Morgan fingerprint density at radius 1 is 1.23 bits per heavy atom. The summed E-state index contributed by atoms with van der Waals surface area (Å²) in [5.41, 5.74) is 0. The van der Waals surface area contributed by atoms with Crippen molar-refractivity contribution in [2.45, 2.75) is 26.2 Å². The van der Waals surface area contributed by atoms with Gasteiger partial charge in [-0.1, -0.05) is 6.92 Å². The van der Waals surface area contributed by atoms with Crippen molar-refractivity contribution in [2.75, 3.05) is 0 Å². The second kappa shape index (κ2) is 9.61. The van der Waals surface area contributed by atoms with E-state index in [0.29, 0.717) is 12.8 Å². The zero-order valence-electron chi connectivity index (χ0n) is 7.23. The van der Waals surface area contributed by atoms with Crippen molar-refractivity contribution in [3.63, 3.8) is 0 Å². The molecule has 4 nitrogen and oxygen atoms in total. The van der Waals surface area contributed by atoms with Crippen molar-refractivity contribution >= 4 is 36.8 Å².